The first kappa shape index (κ1) is 13.6. The first-order chi connectivity index (χ1) is 7.41. The Morgan fingerprint density at radius 3 is 2.38 bits per heavy atom. The summed E-state index contributed by atoms with van der Waals surface area (Å²) in [5.41, 5.74) is 6.60. The lowest BCUT2D eigenvalue weighted by Crippen LogP contribution is -2.12. The summed E-state index contributed by atoms with van der Waals surface area (Å²) in [5.74, 6) is 0.660. The van der Waals surface area contributed by atoms with Crippen molar-refractivity contribution in [3.05, 3.63) is 27.7 Å². The lowest BCUT2D eigenvalue weighted by Gasteiger charge is -2.16. The second-order valence-corrected chi connectivity index (χ2v) is 5.24. The minimum atomic E-state index is -0.243. The van der Waals surface area contributed by atoms with Crippen molar-refractivity contribution in [2.24, 2.45) is 11.7 Å². The molecule has 0 aromatic heterocycles. The third-order valence-corrected chi connectivity index (χ3v) is 3.03. The average Bonchev–Trinajstić information content (AvgIpc) is 2.12. The summed E-state index contributed by atoms with van der Waals surface area (Å²) in [4.78, 5) is 0. The van der Waals surface area contributed by atoms with Gasteiger partial charge in [-0.2, -0.15) is 0 Å². The molecule has 0 radical (unpaired) electrons. The highest BCUT2D eigenvalue weighted by Gasteiger charge is 2.16. The number of aromatic hydroxyl groups is 1. The molecule has 0 saturated heterocycles. The average molecular weight is 262 g/mol. The Hall–Kier alpha value is -0.440. The summed E-state index contributed by atoms with van der Waals surface area (Å²) >= 11 is 11.8. The Morgan fingerprint density at radius 1 is 1.25 bits per heavy atom. The molecule has 0 aliphatic carbocycles. The second kappa shape index (κ2) is 5.76. The zero-order valence-electron chi connectivity index (χ0n) is 9.50. The fraction of sp³-hybridized carbons (Fsp3) is 0.500. The number of hydrogen-bond acceptors (Lipinski definition) is 2. The van der Waals surface area contributed by atoms with Gasteiger partial charge in [-0.15, -0.1) is 0 Å². The minimum absolute atomic E-state index is 0.0776. The molecule has 0 saturated carbocycles. The van der Waals surface area contributed by atoms with Crippen LogP contribution in [-0.2, 0) is 0 Å². The van der Waals surface area contributed by atoms with E-state index in [2.05, 4.69) is 13.8 Å². The molecular weight excluding hydrogens is 245 g/mol. The molecular formula is C12H17Cl2NO. The maximum absolute atomic E-state index is 9.76. The van der Waals surface area contributed by atoms with E-state index in [0.29, 0.717) is 21.5 Å². The van der Waals surface area contributed by atoms with Gasteiger partial charge in [-0.25, -0.2) is 0 Å². The quantitative estimate of drug-likeness (QED) is 0.856. The van der Waals surface area contributed by atoms with E-state index in [4.69, 9.17) is 28.9 Å². The number of halogens is 2. The molecule has 90 valence electrons. The van der Waals surface area contributed by atoms with Crippen LogP contribution in [0.2, 0.25) is 10.0 Å². The molecule has 0 spiro atoms. The summed E-state index contributed by atoms with van der Waals surface area (Å²) in [6, 6.07) is 2.83. The monoisotopic (exact) mass is 261 g/mol. The Bertz CT molecular complexity index is 343. The Morgan fingerprint density at radius 2 is 1.88 bits per heavy atom. The van der Waals surface area contributed by atoms with Gasteiger partial charge in [0.1, 0.15) is 5.75 Å². The maximum Gasteiger partial charge on any atom is 0.123 e. The molecule has 4 heteroatoms. The molecule has 1 aromatic carbocycles. The van der Waals surface area contributed by atoms with Crippen molar-refractivity contribution in [1.82, 2.24) is 0 Å². The number of phenols is 1. The SMILES string of the molecule is CC(C)CC[C@H](N)c1c(O)cc(Cl)cc1Cl. The molecule has 1 atom stereocenters. The van der Waals surface area contributed by atoms with Gasteiger partial charge in [0.05, 0.1) is 5.02 Å². The first-order valence-corrected chi connectivity index (χ1v) is 6.11. The van der Waals surface area contributed by atoms with Crippen LogP contribution in [0.25, 0.3) is 0 Å². The molecule has 1 aromatic rings. The normalized spacial score (nSPS) is 13.1. The van der Waals surface area contributed by atoms with Crippen LogP contribution >= 0.6 is 23.2 Å². The van der Waals surface area contributed by atoms with Crippen molar-refractivity contribution in [2.75, 3.05) is 0 Å². The van der Waals surface area contributed by atoms with Crippen LogP contribution in [0.5, 0.6) is 5.75 Å². The standard InChI is InChI=1S/C12H17Cl2NO/c1-7(2)3-4-10(15)12-9(14)5-8(13)6-11(12)16/h5-7,10,16H,3-4,15H2,1-2H3/t10-/m0/s1. The summed E-state index contributed by atoms with van der Waals surface area (Å²) < 4.78 is 0. The molecule has 0 heterocycles. The Labute approximate surface area is 106 Å². The summed E-state index contributed by atoms with van der Waals surface area (Å²) in [6.45, 7) is 4.27. The van der Waals surface area contributed by atoms with Crippen LogP contribution < -0.4 is 5.73 Å². The third-order valence-electron chi connectivity index (χ3n) is 2.50. The van der Waals surface area contributed by atoms with Gasteiger partial charge in [0, 0.05) is 16.6 Å². The highest BCUT2D eigenvalue weighted by Crippen LogP contribution is 2.35. The van der Waals surface area contributed by atoms with Crippen LogP contribution in [0.15, 0.2) is 12.1 Å². The summed E-state index contributed by atoms with van der Waals surface area (Å²) in [7, 11) is 0. The molecule has 0 amide bonds. The van der Waals surface area contributed by atoms with Gasteiger partial charge in [0.15, 0.2) is 0 Å². The predicted molar refractivity (Wildman–Crippen MR) is 69.1 cm³/mol. The smallest absolute Gasteiger partial charge is 0.123 e. The second-order valence-electron chi connectivity index (χ2n) is 4.40. The lowest BCUT2D eigenvalue weighted by molar-refractivity contribution is 0.448. The van der Waals surface area contributed by atoms with Gasteiger partial charge in [0.25, 0.3) is 0 Å². The number of benzene rings is 1. The van der Waals surface area contributed by atoms with Gasteiger partial charge in [-0.1, -0.05) is 37.0 Å². The van der Waals surface area contributed by atoms with Crippen LogP contribution in [0.1, 0.15) is 38.3 Å². The van der Waals surface area contributed by atoms with E-state index in [9.17, 15) is 5.11 Å². The van der Waals surface area contributed by atoms with E-state index >= 15 is 0 Å². The number of rotatable bonds is 4. The molecule has 0 unspecified atom stereocenters. The van der Waals surface area contributed by atoms with E-state index < -0.39 is 0 Å². The molecule has 3 N–H and O–H groups in total. The summed E-state index contributed by atoms with van der Waals surface area (Å²) in [6.07, 6.45) is 1.80. The Balaban J connectivity index is 2.86. The van der Waals surface area contributed by atoms with E-state index in [-0.39, 0.29) is 11.8 Å². The Kier molecular flexibility index (Phi) is 4.90. The van der Waals surface area contributed by atoms with Gasteiger partial charge in [0.2, 0.25) is 0 Å². The molecule has 2 nitrogen and oxygen atoms in total. The van der Waals surface area contributed by atoms with Crippen molar-refractivity contribution < 1.29 is 5.11 Å². The van der Waals surface area contributed by atoms with Gasteiger partial charge >= 0.3 is 0 Å². The fourth-order valence-electron chi connectivity index (χ4n) is 1.60. The van der Waals surface area contributed by atoms with E-state index in [1.807, 2.05) is 0 Å². The molecule has 0 bridgehead atoms. The number of nitrogens with two attached hydrogens (primary N) is 1. The molecule has 0 aliphatic rings. The van der Waals surface area contributed by atoms with Gasteiger partial charge in [-0.05, 0) is 30.9 Å². The number of hydrogen-bond donors (Lipinski definition) is 2. The van der Waals surface area contributed by atoms with E-state index in [0.717, 1.165) is 12.8 Å². The lowest BCUT2D eigenvalue weighted by atomic mass is 9.97. The highest BCUT2D eigenvalue weighted by atomic mass is 35.5. The van der Waals surface area contributed by atoms with Crippen molar-refractivity contribution in [3.8, 4) is 5.75 Å². The maximum atomic E-state index is 9.76. The van der Waals surface area contributed by atoms with E-state index in [1.165, 1.54) is 6.07 Å². The van der Waals surface area contributed by atoms with Crippen LogP contribution in [0.4, 0.5) is 0 Å². The van der Waals surface area contributed by atoms with E-state index in [1.54, 1.807) is 6.07 Å². The molecule has 1 rings (SSSR count). The third kappa shape index (κ3) is 3.55. The van der Waals surface area contributed by atoms with Crippen LogP contribution in [0, 0.1) is 5.92 Å². The zero-order valence-corrected chi connectivity index (χ0v) is 11.0. The van der Waals surface area contributed by atoms with Gasteiger partial charge in [-0.3, -0.25) is 0 Å². The van der Waals surface area contributed by atoms with Crippen molar-refractivity contribution >= 4 is 23.2 Å². The molecule has 0 aliphatic heterocycles. The highest BCUT2D eigenvalue weighted by molar-refractivity contribution is 6.35. The predicted octanol–water partition coefficient (Wildman–Crippen LogP) is 4.14. The van der Waals surface area contributed by atoms with Crippen LogP contribution in [0.3, 0.4) is 0 Å². The molecule has 0 fully saturated rings. The first-order valence-electron chi connectivity index (χ1n) is 5.35. The van der Waals surface area contributed by atoms with Crippen molar-refractivity contribution in [3.63, 3.8) is 0 Å². The van der Waals surface area contributed by atoms with Crippen molar-refractivity contribution in [1.29, 1.82) is 0 Å². The molecule has 16 heavy (non-hydrogen) atoms. The summed E-state index contributed by atoms with van der Waals surface area (Å²) in [5, 5.41) is 10.6. The number of phenolic OH excluding ortho intramolecular Hbond substituents is 1. The zero-order chi connectivity index (χ0) is 12.3. The van der Waals surface area contributed by atoms with Crippen LogP contribution in [-0.4, -0.2) is 5.11 Å². The van der Waals surface area contributed by atoms with Crippen molar-refractivity contribution in [2.45, 2.75) is 32.7 Å². The minimum Gasteiger partial charge on any atom is -0.508 e. The fourth-order valence-corrected chi connectivity index (χ4v) is 2.22. The topological polar surface area (TPSA) is 46.2 Å². The van der Waals surface area contributed by atoms with Gasteiger partial charge < -0.3 is 10.8 Å². The largest absolute Gasteiger partial charge is 0.508 e.